The lowest BCUT2D eigenvalue weighted by Crippen LogP contribution is -2.22. The minimum Gasteiger partial charge on any atom is -0.345 e. The number of aryl methyl sites for hydroxylation is 1. The molecule has 0 aliphatic heterocycles. The minimum absolute atomic E-state index is 0.186. The highest BCUT2D eigenvalue weighted by atomic mass is 35.5. The van der Waals surface area contributed by atoms with E-state index in [0.29, 0.717) is 5.56 Å². The summed E-state index contributed by atoms with van der Waals surface area (Å²) in [5, 5.41) is 0.233. The first kappa shape index (κ1) is 17.8. The number of thiophene rings is 1. The number of hydrogen-bond acceptors (Lipinski definition) is 4. The van der Waals surface area contributed by atoms with E-state index < -0.39 is 10.0 Å². The molecule has 1 heterocycles. The largest absolute Gasteiger partial charge is 0.345 e. The Bertz CT molecular complexity index is 829. The molecule has 124 valence electrons. The van der Waals surface area contributed by atoms with Gasteiger partial charge in [-0.2, -0.15) is 0 Å². The van der Waals surface area contributed by atoms with Crippen molar-refractivity contribution in [1.82, 2.24) is 4.90 Å². The molecule has 1 aromatic carbocycles. The SMILES string of the molecule is CCc1ccc(S(=O)(=O)Nc2cc(C(=O)N(C)C)ccc2Cl)s1. The summed E-state index contributed by atoms with van der Waals surface area (Å²) in [6, 6.07) is 7.85. The van der Waals surface area contributed by atoms with Crippen molar-refractivity contribution in [2.45, 2.75) is 17.6 Å². The number of anilines is 1. The first-order valence-corrected chi connectivity index (χ1v) is 9.55. The second-order valence-electron chi connectivity index (χ2n) is 5.07. The summed E-state index contributed by atoms with van der Waals surface area (Å²) in [7, 11) is -0.481. The lowest BCUT2D eigenvalue weighted by Gasteiger charge is -2.13. The van der Waals surface area contributed by atoms with Crippen LogP contribution < -0.4 is 4.72 Å². The van der Waals surface area contributed by atoms with Crippen LogP contribution in [0.4, 0.5) is 5.69 Å². The van der Waals surface area contributed by atoms with Crippen LogP contribution in [0.25, 0.3) is 0 Å². The number of hydrogen-bond donors (Lipinski definition) is 1. The normalized spacial score (nSPS) is 11.3. The molecule has 8 heteroatoms. The van der Waals surface area contributed by atoms with Gasteiger partial charge in [0.05, 0.1) is 10.7 Å². The Labute approximate surface area is 144 Å². The zero-order valence-corrected chi connectivity index (χ0v) is 15.3. The summed E-state index contributed by atoms with van der Waals surface area (Å²) >= 11 is 7.27. The predicted octanol–water partition coefficient (Wildman–Crippen LogP) is 3.47. The number of nitrogens with zero attached hydrogens (tertiary/aromatic N) is 1. The molecule has 0 fully saturated rings. The Balaban J connectivity index is 2.35. The molecule has 0 aliphatic rings. The highest BCUT2D eigenvalue weighted by molar-refractivity contribution is 7.94. The van der Waals surface area contributed by atoms with Gasteiger partial charge in [-0.15, -0.1) is 11.3 Å². The van der Waals surface area contributed by atoms with E-state index in [1.165, 1.54) is 28.4 Å². The number of carbonyl (C=O) groups excluding carboxylic acids is 1. The van der Waals surface area contributed by atoms with Gasteiger partial charge in [-0.1, -0.05) is 18.5 Å². The summed E-state index contributed by atoms with van der Waals surface area (Å²) in [5.41, 5.74) is 0.545. The van der Waals surface area contributed by atoms with Gasteiger partial charge in [0, 0.05) is 24.5 Å². The van der Waals surface area contributed by atoms with Crippen LogP contribution in [0.2, 0.25) is 5.02 Å². The summed E-state index contributed by atoms with van der Waals surface area (Å²) < 4.78 is 27.6. The van der Waals surface area contributed by atoms with Crippen molar-refractivity contribution in [2.75, 3.05) is 18.8 Å². The summed E-state index contributed by atoms with van der Waals surface area (Å²) in [6.45, 7) is 1.96. The Hall–Kier alpha value is -1.57. The van der Waals surface area contributed by atoms with E-state index in [9.17, 15) is 13.2 Å². The van der Waals surface area contributed by atoms with Gasteiger partial charge in [-0.25, -0.2) is 8.42 Å². The van der Waals surface area contributed by atoms with Crippen molar-refractivity contribution in [3.8, 4) is 0 Å². The van der Waals surface area contributed by atoms with Gasteiger partial charge in [0.25, 0.3) is 15.9 Å². The van der Waals surface area contributed by atoms with Gasteiger partial charge in [0.1, 0.15) is 4.21 Å². The summed E-state index contributed by atoms with van der Waals surface area (Å²) in [6.07, 6.45) is 0.772. The summed E-state index contributed by atoms with van der Waals surface area (Å²) in [4.78, 5) is 14.4. The maximum atomic E-state index is 12.4. The maximum Gasteiger partial charge on any atom is 0.271 e. The lowest BCUT2D eigenvalue weighted by atomic mass is 10.2. The van der Waals surface area contributed by atoms with E-state index in [1.54, 1.807) is 32.3 Å². The van der Waals surface area contributed by atoms with Crippen LogP contribution in [-0.4, -0.2) is 33.3 Å². The van der Waals surface area contributed by atoms with Crippen LogP contribution >= 0.6 is 22.9 Å². The number of halogens is 1. The number of amides is 1. The van der Waals surface area contributed by atoms with Crippen LogP contribution in [0.15, 0.2) is 34.5 Å². The first-order valence-electron chi connectivity index (χ1n) is 6.87. The number of benzene rings is 1. The molecule has 5 nitrogen and oxygen atoms in total. The monoisotopic (exact) mass is 372 g/mol. The molecule has 23 heavy (non-hydrogen) atoms. The fourth-order valence-electron chi connectivity index (χ4n) is 1.88. The molecule has 0 unspecified atom stereocenters. The smallest absolute Gasteiger partial charge is 0.271 e. The Morgan fingerprint density at radius 1 is 1.26 bits per heavy atom. The second-order valence-corrected chi connectivity index (χ2v) is 8.56. The number of rotatable bonds is 5. The van der Waals surface area contributed by atoms with E-state index in [2.05, 4.69) is 4.72 Å². The van der Waals surface area contributed by atoms with E-state index >= 15 is 0 Å². The highest BCUT2D eigenvalue weighted by Gasteiger charge is 2.19. The number of sulfonamides is 1. The molecule has 1 aromatic heterocycles. The lowest BCUT2D eigenvalue weighted by molar-refractivity contribution is 0.0827. The third kappa shape index (κ3) is 4.04. The molecule has 0 atom stereocenters. The zero-order chi connectivity index (χ0) is 17.2. The van der Waals surface area contributed by atoms with E-state index in [-0.39, 0.29) is 20.8 Å². The maximum absolute atomic E-state index is 12.4. The zero-order valence-electron chi connectivity index (χ0n) is 13.0. The van der Waals surface area contributed by atoms with Crippen molar-refractivity contribution in [3.63, 3.8) is 0 Å². The Kier molecular flexibility index (Phi) is 5.33. The standard InChI is InChI=1S/C15H17ClN2O3S2/c1-4-11-6-8-14(22-11)23(20,21)17-13-9-10(5-7-12(13)16)15(19)18(2)3/h5-9,17H,4H2,1-3H3. The molecule has 0 saturated heterocycles. The van der Waals surface area contributed by atoms with Crippen LogP contribution in [0.1, 0.15) is 22.2 Å². The third-order valence-electron chi connectivity index (χ3n) is 3.11. The topological polar surface area (TPSA) is 66.5 Å². The molecule has 0 radical (unpaired) electrons. The van der Waals surface area contributed by atoms with Gasteiger partial charge in [-0.05, 0) is 36.8 Å². The molecular weight excluding hydrogens is 356 g/mol. The van der Waals surface area contributed by atoms with E-state index in [0.717, 1.165) is 11.3 Å². The average molecular weight is 373 g/mol. The quantitative estimate of drug-likeness (QED) is 0.873. The fraction of sp³-hybridized carbons (Fsp3) is 0.267. The van der Waals surface area contributed by atoms with Gasteiger partial charge in [-0.3, -0.25) is 9.52 Å². The highest BCUT2D eigenvalue weighted by Crippen LogP contribution is 2.29. The number of carbonyl (C=O) groups is 1. The Morgan fingerprint density at radius 2 is 1.96 bits per heavy atom. The van der Waals surface area contributed by atoms with Gasteiger partial charge < -0.3 is 4.90 Å². The second kappa shape index (κ2) is 6.90. The molecule has 2 aromatic rings. The van der Waals surface area contributed by atoms with Crippen LogP contribution in [0.3, 0.4) is 0 Å². The minimum atomic E-state index is -3.73. The van der Waals surface area contributed by atoms with Gasteiger partial charge in [0.15, 0.2) is 0 Å². The van der Waals surface area contributed by atoms with Crippen LogP contribution in [0, 0.1) is 0 Å². The molecule has 2 rings (SSSR count). The van der Waals surface area contributed by atoms with E-state index in [4.69, 9.17) is 11.6 Å². The molecule has 0 spiro atoms. The predicted molar refractivity (Wildman–Crippen MR) is 94.0 cm³/mol. The molecule has 0 saturated carbocycles. The fourth-order valence-corrected chi connectivity index (χ4v) is 4.47. The van der Waals surface area contributed by atoms with Crippen molar-refractivity contribution in [2.24, 2.45) is 0 Å². The van der Waals surface area contributed by atoms with Crippen molar-refractivity contribution in [3.05, 3.63) is 45.8 Å². The van der Waals surface area contributed by atoms with Crippen molar-refractivity contribution >= 4 is 44.6 Å². The molecule has 1 amide bonds. The average Bonchev–Trinajstić information content (AvgIpc) is 2.98. The summed E-state index contributed by atoms with van der Waals surface area (Å²) in [5.74, 6) is -0.230. The Morgan fingerprint density at radius 3 is 2.52 bits per heavy atom. The van der Waals surface area contributed by atoms with Crippen LogP contribution in [-0.2, 0) is 16.4 Å². The van der Waals surface area contributed by atoms with Crippen LogP contribution in [0.5, 0.6) is 0 Å². The van der Waals surface area contributed by atoms with Gasteiger partial charge >= 0.3 is 0 Å². The third-order valence-corrected chi connectivity index (χ3v) is 6.53. The van der Waals surface area contributed by atoms with Crippen molar-refractivity contribution in [1.29, 1.82) is 0 Å². The van der Waals surface area contributed by atoms with Crippen molar-refractivity contribution < 1.29 is 13.2 Å². The first-order chi connectivity index (χ1) is 10.7. The number of nitrogens with one attached hydrogen (secondary N) is 1. The molecule has 0 aliphatic carbocycles. The molecule has 0 bridgehead atoms. The molecule has 1 N–H and O–H groups in total. The van der Waals surface area contributed by atoms with Gasteiger partial charge in [0.2, 0.25) is 0 Å². The van der Waals surface area contributed by atoms with E-state index in [1.807, 2.05) is 6.92 Å². The molecular formula is C15H17ClN2O3S2.